The van der Waals surface area contributed by atoms with Gasteiger partial charge in [-0.25, -0.2) is 4.39 Å². The summed E-state index contributed by atoms with van der Waals surface area (Å²) < 4.78 is 19.8. The van der Waals surface area contributed by atoms with Gasteiger partial charge in [0.25, 0.3) is 0 Å². The van der Waals surface area contributed by atoms with E-state index in [2.05, 4.69) is 19.9 Å². The molecule has 1 aliphatic heterocycles. The van der Waals surface area contributed by atoms with Gasteiger partial charge in [0.1, 0.15) is 5.60 Å². The molecule has 0 aromatic heterocycles. The lowest BCUT2D eigenvalue weighted by Gasteiger charge is -2.36. The van der Waals surface area contributed by atoms with Crippen LogP contribution in [0.15, 0.2) is 34.9 Å². The molecule has 0 saturated heterocycles. The van der Waals surface area contributed by atoms with Crippen molar-refractivity contribution in [3.63, 3.8) is 0 Å². The van der Waals surface area contributed by atoms with E-state index in [-0.39, 0.29) is 5.83 Å². The first-order valence-corrected chi connectivity index (χ1v) is 6.93. The lowest BCUT2D eigenvalue weighted by atomic mass is 9.80. The fourth-order valence-corrected chi connectivity index (χ4v) is 2.98. The average molecular weight is 250 g/mol. The highest BCUT2D eigenvalue weighted by Gasteiger charge is 2.34. The van der Waals surface area contributed by atoms with Crippen LogP contribution in [-0.2, 0) is 4.74 Å². The lowest BCUT2D eigenvalue weighted by molar-refractivity contribution is 0.0668. The maximum Gasteiger partial charge on any atom is 0.161 e. The molecule has 0 N–H and O–H groups in total. The molecule has 2 aliphatic rings. The predicted molar refractivity (Wildman–Crippen MR) is 72.8 cm³/mol. The molecule has 18 heavy (non-hydrogen) atoms. The Labute approximate surface area is 109 Å². The normalized spacial score (nSPS) is 26.2. The standard InChI is InChI=1S/C16H23FO/c1-5-6-7-12-8-9-13(17)15-14(12)11(2)10-16(3,4)18-15/h9-10,12H,5-8H2,1-4H3/t12-/m1/s1. The van der Waals surface area contributed by atoms with Crippen molar-refractivity contribution in [2.75, 3.05) is 0 Å². The van der Waals surface area contributed by atoms with Gasteiger partial charge in [-0.3, -0.25) is 0 Å². The second-order valence-electron chi connectivity index (χ2n) is 5.90. The van der Waals surface area contributed by atoms with Crippen LogP contribution in [0.25, 0.3) is 0 Å². The minimum atomic E-state index is -0.402. The van der Waals surface area contributed by atoms with E-state index in [1.807, 2.05) is 13.8 Å². The molecule has 2 heteroatoms. The SMILES string of the molecule is CCCC[C@@H]1CC=C(F)C2=C1C(C)=CC(C)(C)O2. The number of allylic oxidation sites excluding steroid dienone is 4. The number of hydrogen-bond donors (Lipinski definition) is 0. The smallest absolute Gasteiger partial charge is 0.161 e. The van der Waals surface area contributed by atoms with Crippen LogP contribution >= 0.6 is 0 Å². The molecule has 0 amide bonds. The monoisotopic (exact) mass is 250 g/mol. The minimum absolute atomic E-state index is 0.182. The summed E-state index contributed by atoms with van der Waals surface area (Å²) in [6.07, 6.45) is 8.10. The van der Waals surface area contributed by atoms with Gasteiger partial charge in [-0.2, -0.15) is 0 Å². The molecule has 2 rings (SSSR count). The minimum Gasteiger partial charge on any atom is -0.480 e. The first-order chi connectivity index (χ1) is 8.44. The number of rotatable bonds is 3. The van der Waals surface area contributed by atoms with Gasteiger partial charge in [-0.05, 0) is 57.3 Å². The first-order valence-electron chi connectivity index (χ1n) is 6.93. The predicted octanol–water partition coefficient (Wildman–Crippen LogP) is 5.06. The summed E-state index contributed by atoms with van der Waals surface area (Å²) >= 11 is 0. The third-order valence-corrected chi connectivity index (χ3v) is 3.71. The number of unbranched alkanes of at least 4 members (excludes halogenated alkanes) is 1. The van der Waals surface area contributed by atoms with Crippen LogP contribution in [0.2, 0.25) is 0 Å². The van der Waals surface area contributed by atoms with Crippen molar-refractivity contribution in [2.45, 2.75) is 59.0 Å². The van der Waals surface area contributed by atoms with Gasteiger partial charge < -0.3 is 4.74 Å². The van der Waals surface area contributed by atoms with Crippen molar-refractivity contribution < 1.29 is 9.13 Å². The number of ether oxygens (including phenoxy) is 1. The Morgan fingerprint density at radius 1 is 1.44 bits per heavy atom. The van der Waals surface area contributed by atoms with Crippen LogP contribution in [0, 0.1) is 5.92 Å². The highest BCUT2D eigenvalue weighted by atomic mass is 19.1. The Balaban J connectivity index is 2.33. The molecule has 0 radical (unpaired) electrons. The van der Waals surface area contributed by atoms with Gasteiger partial charge in [-0.15, -0.1) is 0 Å². The zero-order chi connectivity index (χ0) is 13.3. The fourth-order valence-electron chi connectivity index (χ4n) is 2.98. The molecule has 0 aromatic rings. The summed E-state index contributed by atoms with van der Waals surface area (Å²) in [5, 5.41) is 0. The molecule has 1 aliphatic carbocycles. The molecular weight excluding hydrogens is 227 g/mol. The molecule has 100 valence electrons. The van der Waals surface area contributed by atoms with Crippen LogP contribution in [-0.4, -0.2) is 5.60 Å². The molecule has 0 spiro atoms. The summed E-state index contributed by atoms with van der Waals surface area (Å²) in [6.45, 7) is 8.22. The van der Waals surface area contributed by atoms with Crippen LogP contribution < -0.4 is 0 Å². The van der Waals surface area contributed by atoms with E-state index in [1.165, 1.54) is 18.4 Å². The van der Waals surface area contributed by atoms with Crippen molar-refractivity contribution in [3.8, 4) is 0 Å². The van der Waals surface area contributed by atoms with E-state index < -0.39 is 5.60 Å². The Kier molecular flexibility index (Phi) is 3.65. The summed E-state index contributed by atoms with van der Waals surface area (Å²) in [6, 6.07) is 0. The molecule has 1 nitrogen and oxygen atoms in total. The van der Waals surface area contributed by atoms with Gasteiger partial charge in [0.2, 0.25) is 0 Å². The molecule has 0 fully saturated rings. The van der Waals surface area contributed by atoms with E-state index in [9.17, 15) is 4.39 Å². The van der Waals surface area contributed by atoms with E-state index >= 15 is 0 Å². The van der Waals surface area contributed by atoms with Crippen LogP contribution in [0.3, 0.4) is 0 Å². The highest BCUT2D eigenvalue weighted by Crippen LogP contribution is 2.43. The van der Waals surface area contributed by atoms with E-state index in [1.54, 1.807) is 6.08 Å². The Morgan fingerprint density at radius 3 is 2.83 bits per heavy atom. The Bertz CT molecular complexity index is 426. The fraction of sp³-hybridized carbons (Fsp3) is 0.625. The molecular formula is C16H23FO. The van der Waals surface area contributed by atoms with Crippen molar-refractivity contribution >= 4 is 0 Å². The second-order valence-corrected chi connectivity index (χ2v) is 5.90. The topological polar surface area (TPSA) is 9.23 Å². The van der Waals surface area contributed by atoms with Crippen LogP contribution in [0.1, 0.15) is 53.4 Å². The van der Waals surface area contributed by atoms with Gasteiger partial charge in [0.05, 0.1) is 0 Å². The maximum absolute atomic E-state index is 14.0. The summed E-state index contributed by atoms with van der Waals surface area (Å²) in [5.74, 6) is 0.734. The molecule has 1 atom stereocenters. The van der Waals surface area contributed by atoms with Crippen molar-refractivity contribution in [3.05, 3.63) is 34.9 Å². The Morgan fingerprint density at radius 2 is 2.17 bits per heavy atom. The lowest BCUT2D eigenvalue weighted by Crippen LogP contribution is -2.29. The molecule has 1 heterocycles. The van der Waals surface area contributed by atoms with E-state index in [0.29, 0.717) is 11.7 Å². The summed E-state index contributed by atoms with van der Waals surface area (Å²) in [5.41, 5.74) is 1.88. The highest BCUT2D eigenvalue weighted by molar-refractivity contribution is 5.46. The van der Waals surface area contributed by atoms with Crippen LogP contribution in [0.5, 0.6) is 0 Å². The molecule has 0 unspecified atom stereocenters. The summed E-state index contributed by atoms with van der Waals surface area (Å²) in [7, 11) is 0. The van der Waals surface area contributed by atoms with E-state index in [4.69, 9.17) is 4.74 Å². The maximum atomic E-state index is 14.0. The molecule has 0 aromatic carbocycles. The Hall–Kier alpha value is -1.05. The van der Waals surface area contributed by atoms with Gasteiger partial charge in [0, 0.05) is 5.57 Å². The van der Waals surface area contributed by atoms with Crippen LogP contribution in [0.4, 0.5) is 4.39 Å². The van der Waals surface area contributed by atoms with Crippen molar-refractivity contribution in [1.29, 1.82) is 0 Å². The van der Waals surface area contributed by atoms with Gasteiger partial charge in [0.15, 0.2) is 11.6 Å². The average Bonchev–Trinajstić information content (AvgIpc) is 2.27. The van der Waals surface area contributed by atoms with E-state index in [0.717, 1.165) is 18.4 Å². The van der Waals surface area contributed by atoms with Gasteiger partial charge >= 0.3 is 0 Å². The van der Waals surface area contributed by atoms with Gasteiger partial charge in [-0.1, -0.05) is 19.8 Å². The quantitative estimate of drug-likeness (QED) is 0.680. The first kappa shape index (κ1) is 13.4. The number of halogens is 1. The third kappa shape index (κ3) is 2.52. The largest absolute Gasteiger partial charge is 0.480 e. The molecule has 0 bridgehead atoms. The molecule has 0 saturated carbocycles. The zero-order valence-electron chi connectivity index (χ0n) is 11.8. The van der Waals surface area contributed by atoms with Crippen molar-refractivity contribution in [2.24, 2.45) is 5.92 Å². The summed E-state index contributed by atoms with van der Waals surface area (Å²) in [4.78, 5) is 0. The van der Waals surface area contributed by atoms with Crippen molar-refractivity contribution in [1.82, 2.24) is 0 Å². The third-order valence-electron chi connectivity index (χ3n) is 3.71. The zero-order valence-corrected chi connectivity index (χ0v) is 11.8. The second kappa shape index (κ2) is 4.91. The number of hydrogen-bond acceptors (Lipinski definition) is 1.